The van der Waals surface area contributed by atoms with E-state index in [2.05, 4.69) is 0 Å². The van der Waals surface area contributed by atoms with E-state index in [-0.39, 0.29) is 12.4 Å². The fourth-order valence-electron chi connectivity index (χ4n) is 1.11. The first-order chi connectivity index (χ1) is 8.50. The smallest absolute Gasteiger partial charge is 0.330 e. The van der Waals surface area contributed by atoms with Gasteiger partial charge in [-0.25, -0.2) is 0 Å². The van der Waals surface area contributed by atoms with Crippen LogP contribution in [-0.2, 0) is 14.3 Å². The van der Waals surface area contributed by atoms with E-state index in [9.17, 15) is 9.59 Å². The van der Waals surface area contributed by atoms with Gasteiger partial charge in [0.2, 0.25) is 0 Å². The maximum Gasteiger partial charge on any atom is 0.330 e. The normalized spacial score (nSPS) is 13.7. The van der Waals surface area contributed by atoms with Gasteiger partial charge in [-0.2, -0.15) is 0 Å². The number of Topliss-reactive ketones (excluding diaryl/α,β-unsaturated/α-hetero) is 1. The summed E-state index contributed by atoms with van der Waals surface area (Å²) in [4.78, 5) is 24.5. The SMILES string of the molecule is CCOC(=O)[C@@](C)(SSc1ccccc1)C(C)=O. The quantitative estimate of drug-likeness (QED) is 0.455. The van der Waals surface area contributed by atoms with Crippen LogP contribution in [0.3, 0.4) is 0 Å². The summed E-state index contributed by atoms with van der Waals surface area (Å²) in [5.74, 6) is -0.680. The van der Waals surface area contributed by atoms with Gasteiger partial charge in [0.15, 0.2) is 10.5 Å². The van der Waals surface area contributed by atoms with Gasteiger partial charge < -0.3 is 4.74 Å². The molecule has 0 aliphatic rings. The van der Waals surface area contributed by atoms with E-state index in [0.29, 0.717) is 0 Å². The van der Waals surface area contributed by atoms with Gasteiger partial charge in [0.1, 0.15) is 0 Å². The first kappa shape index (κ1) is 15.1. The van der Waals surface area contributed by atoms with Crippen LogP contribution in [0, 0.1) is 0 Å². The molecule has 0 aromatic heterocycles. The minimum atomic E-state index is -1.16. The Balaban J connectivity index is 2.75. The molecule has 0 fully saturated rings. The summed E-state index contributed by atoms with van der Waals surface area (Å²) in [5, 5.41) is 0. The predicted octanol–water partition coefficient (Wildman–Crippen LogP) is 3.34. The van der Waals surface area contributed by atoms with Gasteiger partial charge >= 0.3 is 5.97 Å². The molecule has 1 rings (SSSR count). The molecular formula is C13H16O3S2. The van der Waals surface area contributed by atoms with Crippen molar-refractivity contribution in [1.82, 2.24) is 0 Å². The minimum Gasteiger partial charge on any atom is -0.465 e. The molecule has 0 spiro atoms. The highest BCUT2D eigenvalue weighted by Gasteiger charge is 2.41. The molecule has 0 amide bonds. The van der Waals surface area contributed by atoms with Crippen LogP contribution < -0.4 is 0 Å². The topological polar surface area (TPSA) is 43.4 Å². The lowest BCUT2D eigenvalue weighted by Gasteiger charge is -2.22. The zero-order valence-corrected chi connectivity index (χ0v) is 12.3. The Morgan fingerprint density at radius 2 is 1.89 bits per heavy atom. The molecular weight excluding hydrogens is 268 g/mol. The molecule has 98 valence electrons. The lowest BCUT2D eigenvalue weighted by Crippen LogP contribution is -2.39. The number of rotatable bonds is 6. The van der Waals surface area contributed by atoms with Crippen molar-refractivity contribution in [3.8, 4) is 0 Å². The van der Waals surface area contributed by atoms with E-state index in [0.717, 1.165) is 4.90 Å². The Morgan fingerprint density at radius 1 is 1.28 bits per heavy atom. The largest absolute Gasteiger partial charge is 0.465 e. The molecule has 0 heterocycles. The maximum atomic E-state index is 11.9. The third-order valence-electron chi connectivity index (χ3n) is 2.38. The highest BCUT2D eigenvalue weighted by Crippen LogP contribution is 2.42. The Bertz CT molecular complexity index is 420. The van der Waals surface area contributed by atoms with Crippen LogP contribution in [0.25, 0.3) is 0 Å². The molecule has 1 aromatic rings. The Hall–Kier alpha value is -0.940. The summed E-state index contributed by atoms with van der Waals surface area (Å²) >= 11 is 0. The van der Waals surface area contributed by atoms with E-state index in [1.807, 2.05) is 30.3 Å². The van der Waals surface area contributed by atoms with Crippen LogP contribution in [0.15, 0.2) is 35.2 Å². The molecule has 0 unspecified atom stereocenters. The summed E-state index contributed by atoms with van der Waals surface area (Å²) in [6.45, 7) is 5.02. The second-order valence-corrected chi connectivity index (χ2v) is 6.41. The van der Waals surface area contributed by atoms with Crippen molar-refractivity contribution in [3.63, 3.8) is 0 Å². The summed E-state index contributed by atoms with van der Waals surface area (Å²) < 4.78 is 3.81. The number of carbonyl (C=O) groups excluding carboxylic acids is 2. The van der Waals surface area contributed by atoms with Crippen molar-refractivity contribution in [2.45, 2.75) is 30.4 Å². The van der Waals surface area contributed by atoms with Gasteiger partial charge in [0.25, 0.3) is 0 Å². The average Bonchev–Trinajstić information content (AvgIpc) is 2.37. The van der Waals surface area contributed by atoms with Gasteiger partial charge in [-0.05, 0) is 32.9 Å². The number of ketones is 1. The maximum absolute atomic E-state index is 11.9. The van der Waals surface area contributed by atoms with Crippen molar-refractivity contribution in [3.05, 3.63) is 30.3 Å². The van der Waals surface area contributed by atoms with Crippen LogP contribution >= 0.6 is 21.6 Å². The lowest BCUT2D eigenvalue weighted by molar-refractivity contribution is -0.148. The third-order valence-corrected chi connectivity index (χ3v) is 5.55. The average molecular weight is 284 g/mol. The zero-order chi connectivity index (χ0) is 13.6. The number of carbonyl (C=O) groups is 2. The molecule has 5 heteroatoms. The van der Waals surface area contributed by atoms with Crippen molar-refractivity contribution >= 4 is 33.3 Å². The van der Waals surface area contributed by atoms with Crippen LogP contribution in [0.1, 0.15) is 20.8 Å². The van der Waals surface area contributed by atoms with Crippen LogP contribution in [0.4, 0.5) is 0 Å². The second kappa shape index (κ2) is 6.85. The van der Waals surface area contributed by atoms with Gasteiger partial charge in [-0.3, -0.25) is 9.59 Å². The Morgan fingerprint density at radius 3 is 2.39 bits per heavy atom. The number of hydrogen-bond donors (Lipinski definition) is 0. The fourth-order valence-corrected chi connectivity index (χ4v) is 3.57. The third kappa shape index (κ3) is 3.78. The Labute approximate surface area is 115 Å². The standard InChI is InChI=1S/C13H16O3S2/c1-4-16-12(15)13(3,10(2)14)18-17-11-8-6-5-7-9-11/h5-9H,4H2,1-3H3/t13-/m0/s1. The van der Waals surface area contributed by atoms with E-state index >= 15 is 0 Å². The Kier molecular flexibility index (Phi) is 5.75. The number of esters is 1. The highest BCUT2D eigenvalue weighted by atomic mass is 33.1. The highest BCUT2D eigenvalue weighted by molar-refractivity contribution is 8.77. The number of hydrogen-bond acceptors (Lipinski definition) is 5. The molecule has 18 heavy (non-hydrogen) atoms. The molecule has 0 N–H and O–H groups in total. The molecule has 0 aliphatic carbocycles. The minimum absolute atomic E-state index is 0.200. The van der Waals surface area contributed by atoms with Gasteiger partial charge in [0, 0.05) is 4.90 Å². The van der Waals surface area contributed by atoms with Crippen molar-refractivity contribution < 1.29 is 14.3 Å². The summed E-state index contributed by atoms with van der Waals surface area (Å²) in [6.07, 6.45) is 0. The van der Waals surface area contributed by atoms with Crippen LogP contribution in [0.2, 0.25) is 0 Å². The predicted molar refractivity (Wildman–Crippen MR) is 75.6 cm³/mol. The molecule has 0 saturated heterocycles. The van der Waals surface area contributed by atoms with Gasteiger partial charge in [0.05, 0.1) is 6.61 Å². The first-order valence-electron chi connectivity index (χ1n) is 5.59. The summed E-state index contributed by atoms with van der Waals surface area (Å²) in [6, 6.07) is 9.62. The molecule has 1 atom stereocenters. The van der Waals surface area contributed by atoms with Crippen LogP contribution in [-0.4, -0.2) is 23.1 Å². The van der Waals surface area contributed by atoms with Crippen LogP contribution in [0.5, 0.6) is 0 Å². The van der Waals surface area contributed by atoms with E-state index in [4.69, 9.17) is 4.74 Å². The van der Waals surface area contributed by atoms with Crippen molar-refractivity contribution in [2.24, 2.45) is 0 Å². The molecule has 0 bridgehead atoms. The van der Waals surface area contributed by atoms with Gasteiger partial charge in [-0.15, -0.1) is 0 Å². The van der Waals surface area contributed by atoms with E-state index in [1.54, 1.807) is 13.8 Å². The molecule has 3 nitrogen and oxygen atoms in total. The lowest BCUT2D eigenvalue weighted by atomic mass is 10.1. The number of ether oxygens (including phenoxy) is 1. The summed E-state index contributed by atoms with van der Waals surface area (Å²) in [7, 11) is 2.63. The molecule has 0 aliphatic heterocycles. The van der Waals surface area contributed by atoms with Crippen molar-refractivity contribution in [1.29, 1.82) is 0 Å². The molecule has 1 aromatic carbocycles. The zero-order valence-electron chi connectivity index (χ0n) is 10.6. The second-order valence-electron chi connectivity index (χ2n) is 3.79. The fraction of sp³-hybridized carbons (Fsp3) is 0.385. The molecule has 0 saturated carbocycles. The molecule has 0 radical (unpaired) electrons. The monoisotopic (exact) mass is 284 g/mol. The van der Waals surface area contributed by atoms with E-state index in [1.165, 1.54) is 28.5 Å². The van der Waals surface area contributed by atoms with Gasteiger partial charge in [-0.1, -0.05) is 39.8 Å². The summed E-state index contributed by atoms with van der Waals surface area (Å²) in [5.41, 5.74) is 0. The van der Waals surface area contributed by atoms with Crippen molar-refractivity contribution in [2.75, 3.05) is 6.61 Å². The first-order valence-corrected chi connectivity index (χ1v) is 7.74. The van der Waals surface area contributed by atoms with E-state index < -0.39 is 10.7 Å². The number of benzene rings is 1.